The van der Waals surface area contributed by atoms with Gasteiger partial charge in [0.25, 0.3) is 0 Å². The first-order valence-electron chi connectivity index (χ1n) is 4.72. The molecule has 0 aromatic heterocycles. The summed E-state index contributed by atoms with van der Waals surface area (Å²) in [4.78, 5) is 10.9. The lowest BCUT2D eigenvalue weighted by atomic mass is 9.83. The average molecular weight is 169 g/mol. The Balaban J connectivity index is 2.00. The number of piperidine rings is 1. The van der Waals surface area contributed by atoms with E-state index in [1.165, 1.54) is 12.8 Å². The number of rotatable bonds is 2. The largest absolute Gasteiger partial charge is 0.481 e. The van der Waals surface area contributed by atoms with Crippen molar-refractivity contribution in [2.24, 2.45) is 17.8 Å². The van der Waals surface area contributed by atoms with Crippen molar-refractivity contribution in [3.05, 3.63) is 0 Å². The molecule has 1 saturated heterocycles. The van der Waals surface area contributed by atoms with Crippen molar-refractivity contribution in [3.63, 3.8) is 0 Å². The van der Waals surface area contributed by atoms with Crippen LogP contribution in [0.1, 0.15) is 19.3 Å². The minimum atomic E-state index is -0.612. The van der Waals surface area contributed by atoms with E-state index in [1.807, 2.05) is 0 Å². The zero-order valence-corrected chi connectivity index (χ0v) is 7.12. The van der Waals surface area contributed by atoms with Gasteiger partial charge < -0.3 is 10.4 Å². The lowest BCUT2D eigenvalue weighted by molar-refractivity contribution is -0.144. The molecular weight excluding hydrogens is 154 g/mol. The molecule has 0 amide bonds. The highest BCUT2D eigenvalue weighted by atomic mass is 16.4. The fraction of sp³-hybridized carbons (Fsp3) is 0.889. The van der Waals surface area contributed by atoms with Crippen molar-refractivity contribution in [1.82, 2.24) is 5.32 Å². The molecule has 0 aromatic rings. The maximum absolute atomic E-state index is 10.9. The molecule has 12 heavy (non-hydrogen) atoms. The second-order valence-corrected chi connectivity index (χ2v) is 3.94. The molecule has 2 fully saturated rings. The van der Waals surface area contributed by atoms with Crippen LogP contribution < -0.4 is 5.32 Å². The van der Waals surface area contributed by atoms with Crippen LogP contribution in [0.5, 0.6) is 0 Å². The summed E-state index contributed by atoms with van der Waals surface area (Å²) < 4.78 is 0. The van der Waals surface area contributed by atoms with Crippen LogP contribution in [0.2, 0.25) is 0 Å². The molecular formula is C9H15NO2. The molecule has 2 rings (SSSR count). The third-order valence-corrected chi connectivity index (χ3v) is 3.08. The number of carboxylic acids is 1. The molecule has 0 spiro atoms. The SMILES string of the molecule is O=C(O)C1CNCCC1C1CC1. The number of hydrogen-bond donors (Lipinski definition) is 2. The minimum absolute atomic E-state index is 0.119. The Morgan fingerprint density at radius 1 is 1.33 bits per heavy atom. The molecule has 1 saturated carbocycles. The molecule has 2 N–H and O–H groups in total. The smallest absolute Gasteiger partial charge is 0.308 e. The van der Waals surface area contributed by atoms with Gasteiger partial charge in [0.15, 0.2) is 0 Å². The molecule has 68 valence electrons. The first kappa shape index (κ1) is 8.05. The van der Waals surface area contributed by atoms with Gasteiger partial charge in [-0.25, -0.2) is 0 Å². The van der Waals surface area contributed by atoms with Crippen molar-refractivity contribution < 1.29 is 9.90 Å². The van der Waals surface area contributed by atoms with Gasteiger partial charge in [-0.3, -0.25) is 4.79 Å². The van der Waals surface area contributed by atoms with Gasteiger partial charge in [0.05, 0.1) is 5.92 Å². The summed E-state index contributed by atoms with van der Waals surface area (Å²) in [5.74, 6) is 0.460. The van der Waals surface area contributed by atoms with Crippen molar-refractivity contribution in [1.29, 1.82) is 0 Å². The lowest BCUT2D eigenvalue weighted by Gasteiger charge is -2.29. The molecule has 2 unspecified atom stereocenters. The van der Waals surface area contributed by atoms with Crippen LogP contribution >= 0.6 is 0 Å². The molecule has 1 aliphatic carbocycles. The highest BCUT2D eigenvalue weighted by Gasteiger charge is 2.40. The van der Waals surface area contributed by atoms with Gasteiger partial charge in [-0.1, -0.05) is 0 Å². The maximum atomic E-state index is 10.9. The first-order valence-corrected chi connectivity index (χ1v) is 4.72. The highest BCUT2D eigenvalue weighted by Crippen LogP contribution is 2.43. The van der Waals surface area contributed by atoms with Crippen LogP contribution in [0.4, 0.5) is 0 Å². The Hall–Kier alpha value is -0.570. The van der Waals surface area contributed by atoms with Crippen LogP contribution in [0, 0.1) is 17.8 Å². The van der Waals surface area contributed by atoms with Gasteiger partial charge >= 0.3 is 5.97 Å². The predicted molar refractivity (Wildman–Crippen MR) is 44.8 cm³/mol. The Kier molecular flexibility index (Phi) is 2.05. The van der Waals surface area contributed by atoms with Gasteiger partial charge in [-0.2, -0.15) is 0 Å². The summed E-state index contributed by atoms with van der Waals surface area (Å²) in [7, 11) is 0. The summed E-state index contributed by atoms with van der Waals surface area (Å²) in [5, 5.41) is 12.1. The Morgan fingerprint density at radius 2 is 2.08 bits per heavy atom. The molecule has 3 heteroatoms. The fourth-order valence-electron chi connectivity index (χ4n) is 2.24. The van der Waals surface area contributed by atoms with Gasteiger partial charge in [0.1, 0.15) is 0 Å². The number of carbonyl (C=O) groups is 1. The number of aliphatic carboxylic acids is 1. The van der Waals surface area contributed by atoms with Crippen molar-refractivity contribution in [2.45, 2.75) is 19.3 Å². The summed E-state index contributed by atoms with van der Waals surface area (Å²) >= 11 is 0. The minimum Gasteiger partial charge on any atom is -0.481 e. The van der Waals surface area contributed by atoms with Crippen molar-refractivity contribution >= 4 is 5.97 Å². The molecule has 2 aliphatic rings. The van der Waals surface area contributed by atoms with E-state index in [-0.39, 0.29) is 5.92 Å². The molecule has 0 aromatic carbocycles. The Bertz CT molecular complexity index is 189. The monoisotopic (exact) mass is 169 g/mol. The molecule has 0 radical (unpaired) electrons. The highest BCUT2D eigenvalue weighted by molar-refractivity contribution is 5.71. The van der Waals surface area contributed by atoms with Crippen LogP contribution in [-0.4, -0.2) is 24.2 Å². The Morgan fingerprint density at radius 3 is 2.67 bits per heavy atom. The third-order valence-electron chi connectivity index (χ3n) is 3.08. The zero-order valence-electron chi connectivity index (χ0n) is 7.12. The topological polar surface area (TPSA) is 49.3 Å². The normalized spacial score (nSPS) is 36.3. The third kappa shape index (κ3) is 1.46. The fourth-order valence-corrected chi connectivity index (χ4v) is 2.24. The average Bonchev–Trinajstić information content (AvgIpc) is 2.87. The molecule has 1 heterocycles. The Labute approximate surface area is 72.2 Å². The van der Waals surface area contributed by atoms with E-state index in [1.54, 1.807) is 0 Å². The van der Waals surface area contributed by atoms with Gasteiger partial charge in [-0.05, 0) is 37.6 Å². The first-order chi connectivity index (χ1) is 5.79. The lowest BCUT2D eigenvalue weighted by Crippen LogP contribution is -2.41. The molecule has 0 bridgehead atoms. The second-order valence-electron chi connectivity index (χ2n) is 3.94. The van der Waals surface area contributed by atoms with E-state index in [0.29, 0.717) is 12.5 Å². The zero-order chi connectivity index (χ0) is 8.55. The predicted octanol–water partition coefficient (Wildman–Crippen LogP) is 0.707. The van der Waals surface area contributed by atoms with E-state index < -0.39 is 5.97 Å². The van der Waals surface area contributed by atoms with Gasteiger partial charge in [0, 0.05) is 6.54 Å². The van der Waals surface area contributed by atoms with Crippen LogP contribution in [0.25, 0.3) is 0 Å². The number of hydrogen-bond acceptors (Lipinski definition) is 2. The standard InChI is InChI=1S/C9H15NO2/c11-9(12)8-5-10-4-3-7(8)6-1-2-6/h6-8,10H,1-5H2,(H,11,12). The summed E-state index contributed by atoms with van der Waals surface area (Å²) in [6.07, 6.45) is 3.57. The van der Waals surface area contributed by atoms with E-state index >= 15 is 0 Å². The van der Waals surface area contributed by atoms with E-state index in [4.69, 9.17) is 5.11 Å². The molecule has 3 nitrogen and oxygen atoms in total. The van der Waals surface area contributed by atoms with Gasteiger partial charge in [-0.15, -0.1) is 0 Å². The molecule has 1 aliphatic heterocycles. The van der Waals surface area contributed by atoms with Crippen molar-refractivity contribution in [3.8, 4) is 0 Å². The van der Waals surface area contributed by atoms with Crippen LogP contribution in [-0.2, 0) is 4.79 Å². The number of carboxylic acid groups (broad SMARTS) is 1. The van der Waals surface area contributed by atoms with Crippen molar-refractivity contribution in [2.75, 3.05) is 13.1 Å². The second kappa shape index (κ2) is 3.05. The maximum Gasteiger partial charge on any atom is 0.308 e. The molecule has 2 atom stereocenters. The van der Waals surface area contributed by atoms with E-state index in [2.05, 4.69) is 5.32 Å². The van der Waals surface area contributed by atoms with Gasteiger partial charge in [0.2, 0.25) is 0 Å². The van der Waals surface area contributed by atoms with E-state index in [0.717, 1.165) is 18.9 Å². The van der Waals surface area contributed by atoms with E-state index in [9.17, 15) is 4.79 Å². The summed E-state index contributed by atoms with van der Waals surface area (Å²) in [5.41, 5.74) is 0. The summed E-state index contributed by atoms with van der Waals surface area (Å²) in [6, 6.07) is 0. The quantitative estimate of drug-likeness (QED) is 0.640. The van der Waals surface area contributed by atoms with Crippen LogP contribution in [0.3, 0.4) is 0 Å². The summed E-state index contributed by atoms with van der Waals surface area (Å²) in [6.45, 7) is 1.68. The van der Waals surface area contributed by atoms with Crippen LogP contribution in [0.15, 0.2) is 0 Å². The number of nitrogens with one attached hydrogen (secondary N) is 1.